The number of ether oxygens (including phenoxy) is 2. The summed E-state index contributed by atoms with van der Waals surface area (Å²) in [5.41, 5.74) is 1.14. The lowest BCUT2D eigenvalue weighted by atomic mass is 10.2. The highest BCUT2D eigenvalue weighted by Gasteiger charge is 2.34. The van der Waals surface area contributed by atoms with Crippen LogP contribution in [0.5, 0.6) is 5.75 Å². The third kappa shape index (κ3) is 3.94. The molecule has 1 saturated heterocycles. The Labute approximate surface area is 158 Å². The van der Waals surface area contributed by atoms with Gasteiger partial charge in [-0.2, -0.15) is 0 Å². The van der Waals surface area contributed by atoms with Crippen LogP contribution < -0.4 is 4.74 Å². The van der Waals surface area contributed by atoms with Crippen molar-refractivity contribution in [1.29, 1.82) is 0 Å². The van der Waals surface area contributed by atoms with Crippen molar-refractivity contribution >= 4 is 17.2 Å². The molecule has 1 atom stereocenters. The van der Waals surface area contributed by atoms with Gasteiger partial charge >= 0.3 is 0 Å². The maximum absolute atomic E-state index is 13.1. The van der Waals surface area contributed by atoms with Crippen LogP contribution in [0.25, 0.3) is 0 Å². The van der Waals surface area contributed by atoms with Crippen LogP contribution in [-0.4, -0.2) is 30.1 Å². The lowest BCUT2D eigenvalue weighted by Gasteiger charge is -2.22. The van der Waals surface area contributed by atoms with Crippen LogP contribution in [0, 0.1) is 0 Å². The molecule has 4 nitrogen and oxygen atoms in total. The molecule has 0 radical (unpaired) electrons. The average Bonchev–Trinajstić information content (AvgIpc) is 3.14. The van der Waals surface area contributed by atoms with E-state index in [4.69, 9.17) is 9.47 Å². The minimum absolute atomic E-state index is 0.149. The van der Waals surface area contributed by atoms with E-state index in [2.05, 4.69) is 18.2 Å². The van der Waals surface area contributed by atoms with Gasteiger partial charge in [0.05, 0.1) is 17.6 Å². The van der Waals surface area contributed by atoms with Crippen molar-refractivity contribution in [1.82, 2.24) is 4.90 Å². The number of hydrogen-bond acceptors (Lipinski definition) is 4. The summed E-state index contributed by atoms with van der Waals surface area (Å²) in [6.45, 7) is 4.13. The highest BCUT2D eigenvalue weighted by atomic mass is 32.1. The predicted octanol–water partition coefficient (Wildman–Crippen LogP) is 4.80. The van der Waals surface area contributed by atoms with Gasteiger partial charge in [0.15, 0.2) is 0 Å². The van der Waals surface area contributed by atoms with E-state index in [1.54, 1.807) is 11.3 Å². The topological polar surface area (TPSA) is 38.8 Å². The SMILES string of the molecule is CCOc1ccc(CN(C(=O)c2ccc(C3CCCO3)s2)C2CC2)cc1. The van der Waals surface area contributed by atoms with E-state index >= 15 is 0 Å². The summed E-state index contributed by atoms with van der Waals surface area (Å²) < 4.78 is 11.3. The van der Waals surface area contributed by atoms with Gasteiger partial charge in [0.1, 0.15) is 5.75 Å². The highest BCUT2D eigenvalue weighted by Crippen LogP contribution is 2.36. The van der Waals surface area contributed by atoms with Gasteiger partial charge in [0.2, 0.25) is 0 Å². The Hall–Kier alpha value is -1.85. The molecule has 4 rings (SSSR count). The Kier molecular flexibility index (Phi) is 5.27. The third-order valence-corrected chi connectivity index (χ3v) is 6.09. The van der Waals surface area contributed by atoms with E-state index in [-0.39, 0.29) is 12.0 Å². The Morgan fingerprint density at radius 3 is 2.65 bits per heavy atom. The molecule has 0 N–H and O–H groups in total. The van der Waals surface area contributed by atoms with Crippen molar-refractivity contribution in [3.8, 4) is 5.75 Å². The maximum Gasteiger partial charge on any atom is 0.264 e. The van der Waals surface area contributed by atoms with Crippen LogP contribution in [0.2, 0.25) is 0 Å². The molecule has 2 aromatic rings. The van der Waals surface area contributed by atoms with Crippen molar-refractivity contribution in [3.05, 3.63) is 51.7 Å². The van der Waals surface area contributed by atoms with Gasteiger partial charge in [-0.3, -0.25) is 4.79 Å². The molecule has 1 saturated carbocycles. The fraction of sp³-hybridized carbons (Fsp3) is 0.476. The number of hydrogen-bond donors (Lipinski definition) is 0. The molecule has 138 valence electrons. The number of carbonyl (C=O) groups excluding carboxylic acids is 1. The number of rotatable bonds is 7. The zero-order valence-corrected chi connectivity index (χ0v) is 16.0. The summed E-state index contributed by atoms with van der Waals surface area (Å²) in [5.74, 6) is 1.02. The van der Waals surface area contributed by atoms with E-state index < -0.39 is 0 Å². The molecular weight excluding hydrogens is 346 g/mol. The van der Waals surface area contributed by atoms with Gasteiger partial charge < -0.3 is 14.4 Å². The predicted molar refractivity (Wildman–Crippen MR) is 103 cm³/mol. The maximum atomic E-state index is 13.1. The number of carbonyl (C=O) groups is 1. The molecule has 5 heteroatoms. The summed E-state index contributed by atoms with van der Waals surface area (Å²) >= 11 is 1.60. The largest absolute Gasteiger partial charge is 0.494 e. The first-order valence-electron chi connectivity index (χ1n) is 9.48. The summed E-state index contributed by atoms with van der Waals surface area (Å²) in [5, 5.41) is 0. The second-order valence-corrected chi connectivity index (χ2v) is 8.06. The van der Waals surface area contributed by atoms with E-state index in [1.807, 2.05) is 30.0 Å². The molecule has 2 aliphatic rings. The zero-order valence-electron chi connectivity index (χ0n) is 15.1. The normalized spacial score (nSPS) is 19.5. The van der Waals surface area contributed by atoms with Crippen molar-refractivity contribution in [3.63, 3.8) is 0 Å². The fourth-order valence-electron chi connectivity index (χ4n) is 3.39. The molecule has 1 aromatic heterocycles. The first-order chi connectivity index (χ1) is 12.7. The Morgan fingerprint density at radius 2 is 2.00 bits per heavy atom. The van der Waals surface area contributed by atoms with Gasteiger partial charge in [0, 0.05) is 24.1 Å². The van der Waals surface area contributed by atoms with Crippen molar-refractivity contribution in [2.24, 2.45) is 0 Å². The second kappa shape index (κ2) is 7.80. The number of benzene rings is 1. The summed E-state index contributed by atoms with van der Waals surface area (Å²) in [4.78, 5) is 17.1. The molecule has 1 unspecified atom stereocenters. The highest BCUT2D eigenvalue weighted by molar-refractivity contribution is 7.14. The van der Waals surface area contributed by atoms with Gasteiger partial charge in [-0.15, -0.1) is 11.3 Å². The lowest BCUT2D eigenvalue weighted by Crippen LogP contribution is -2.32. The number of amides is 1. The van der Waals surface area contributed by atoms with Crippen molar-refractivity contribution in [2.75, 3.05) is 13.2 Å². The lowest BCUT2D eigenvalue weighted by molar-refractivity contribution is 0.0735. The molecule has 0 spiro atoms. The summed E-state index contributed by atoms with van der Waals surface area (Å²) in [6, 6.07) is 12.5. The molecule has 1 amide bonds. The molecule has 0 bridgehead atoms. The van der Waals surface area contributed by atoms with Crippen LogP contribution in [-0.2, 0) is 11.3 Å². The quantitative estimate of drug-likeness (QED) is 0.701. The molecule has 26 heavy (non-hydrogen) atoms. The standard InChI is InChI=1S/C21H25NO3S/c1-2-24-17-9-5-15(6-10-17)14-22(16-7-8-16)21(23)20-12-11-19(26-20)18-4-3-13-25-18/h5-6,9-12,16,18H,2-4,7-8,13-14H2,1H3. The van der Waals surface area contributed by atoms with Crippen LogP contribution in [0.1, 0.15) is 58.8 Å². The van der Waals surface area contributed by atoms with Crippen LogP contribution in [0.15, 0.2) is 36.4 Å². The van der Waals surface area contributed by atoms with Crippen molar-refractivity contribution < 1.29 is 14.3 Å². The molecule has 1 aliphatic heterocycles. The monoisotopic (exact) mass is 371 g/mol. The molecule has 2 heterocycles. The first-order valence-corrected chi connectivity index (χ1v) is 10.3. The number of nitrogens with zero attached hydrogens (tertiary/aromatic N) is 1. The van der Waals surface area contributed by atoms with Crippen LogP contribution in [0.3, 0.4) is 0 Å². The van der Waals surface area contributed by atoms with Crippen LogP contribution >= 0.6 is 11.3 Å². The van der Waals surface area contributed by atoms with E-state index in [0.717, 1.165) is 48.5 Å². The molecule has 2 fully saturated rings. The minimum Gasteiger partial charge on any atom is -0.494 e. The Balaban J connectivity index is 1.46. The van der Waals surface area contributed by atoms with Gasteiger partial charge in [0.25, 0.3) is 5.91 Å². The summed E-state index contributed by atoms with van der Waals surface area (Å²) in [7, 11) is 0. The van der Waals surface area contributed by atoms with Gasteiger partial charge in [-0.1, -0.05) is 12.1 Å². The van der Waals surface area contributed by atoms with Gasteiger partial charge in [-0.25, -0.2) is 0 Å². The number of thiophene rings is 1. The molecular formula is C21H25NO3S. The van der Waals surface area contributed by atoms with Gasteiger partial charge in [-0.05, 0) is 62.4 Å². The van der Waals surface area contributed by atoms with E-state index in [9.17, 15) is 4.79 Å². The zero-order chi connectivity index (χ0) is 17.9. The summed E-state index contributed by atoms with van der Waals surface area (Å²) in [6.07, 6.45) is 4.56. The average molecular weight is 372 g/mol. The molecule has 1 aromatic carbocycles. The first kappa shape index (κ1) is 17.6. The Morgan fingerprint density at radius 1 is 1.19 bits per heavy atom. The smallest absolute Gasteiger partial charge is 0.264 e. The van der Waals surface area contributed by atoms with E-state index in [0.29, 0.717) is 19.2 Å². The third-order valence-electron chi connectivity index (χ3n) is 4.92. The fourth-order valence-corrected chi connectivity index (χ4v) is 4.44. The Bertz CT molecular complexity index is 745. The van der Waals surface area contributed by atoms with Crippen LogP contribution in [0.4, 0.5) is 0 Å². The van der Waals surface area contributed by atoms with Crippen molar-refractivity contribution in [2.45, 2.75) is 51.3 Å². The second-order valence-electron chi connectivity index (χ2n) is 6.94. The molecule has 1 aliphatic carbocycles. The minimum atomic E-state index is 0.149. The van der Waals surface area contributed by atoms with E-state index in [1.165, 1.54) is 4.88 Å².